The molecule has 1 unspecified atom stereocenters. The summed E-state index contributed by atoms with van der Waals surface area (Å²) in [6.45, 7) is 8.94. The van der Waals surface area contributed by atoms with Crippen LogP contribution in [-0.2, 0) is 4.79 Å². The van der Waals surface area contributed by atoms with Crippen LogP contribution in [0, 0.1) is 5.41 Å². The molecule has 0 bridgehead atoms. The number of halogens is 2. The molecule has 0 aliphatic carbocycles. The molecule has 1 N–H and O–H groups in total. The molecule has 2 aliphatic rings. The first-order chi connectivity index (χ1) is 11.5. The Morgan fingerprint density at radius 2 is 1.81 bits per heavy atom. The lowest BCUT2D eigenvalue weighted by molar-refractivity contribution is -0.132. The van der Waals surface area contributed by atoms with Gasteiger partial charge in [0.05, 0.1) is 6.54 Å². The van der Waals surface area contributed by atoms with Gasteiger partial charge in [0.15, 0.2) is 0 Å². The highest BCUT2D eigenvalue weighted by Gasteiger charge is 2.42. The summed E-state index contributed by atoms with van der Waals surface area (Å²) in [6.07, 6.45) is 2.28. The van der Waals surface area contributed by atoms with Gasteiger partial charge >= 0.3 is 0 Å². The number of amides is 1. The van der Waals surface area contributed by atoms with Crippen LogP contribution in [0.25, 0.3) is 0 Å². The monoisotopic (exact) mass is 401 g/mol. The van der Waals surface area contributed by atoms with E-state index in [9.17, 15) is 4.79 Å². The van der Waals surface area contributed by atoms with Gasteiger partial charge in [-0.2, -0.15) is 0 Å². The average Bonchev–Trinajstić information content (AvgIpc) is 2.92. The summed E-state index contributed by atoms with van der Waals surface area (Å²) in [4.78, 5) is 17.2. The zero-order valence-corrected chi connectivity index (χ0v) is 17.7. The molecular weight excluding hydrogens is 369 g/mol. The molecule has 1 aromatic carbocycles. The Kier molecular flexibility index (Phi) is 8.87. The summed E-state index contributed by atoms with van der Waals surface area (Å²) in [5.41, 5.74) is 1.48. The van der Waals surface area contributed by atoms with Gasteiger partial charge in [-0.25, -0.2) is 0 Å². The third-order valence-electron chi connectivity index (χ3n) is 5.82. The Balaban J connectivity index is 0.00000169. The third kappa shape index (κ3) is 5.35. The molecule has 2 fully saturated rings. The fraction of sp³-hybridized carbons (Fsp3) is 0.650. The fourth-order valence-electron chi connectivity index (χ4n) is 4.26. The number of likely N-dealkylation sites (N-methyl/N-ethyl adjacent to an activating group) is 1. The van der Waals surface area contributed by atoms with Crippen molar-refractivity contribution in [3.05, 3.63) is 35.9 Å². The highest BCUT2D eigenvalue weighted by Crippen LogP contribution is 2.42. The van der Waals surface area contributed by atoms with Crippen molar-refractivity contribution in [2.24, 2.45) is 5.41 Å². The average molecular weight is 402 g/mol. The smallest absolute Gasteiger partial charge is 0.236 e. The minimum Gasteiger partial charge on any atom is -0.340 e. The first-order valence-corrected chi connectivity index (χ1v) is 9.21. The first-order valence-electron chi connectivity index (χ1n) is 9.21. The summed E-state index contributed by atoms with van der Waals surface area (Å²) < 4.78 is 0. The largest absolute Gasteiger partial charge is 0.340 e. The van der Waals surface area contributed by atoms with E-state index in [0.717, 1.165) is 39.0 Å². The summed E-state index contributed by atoms with van der Waals surface area (Å²) in [5, 5.41) is 3.39. The van der Waals surface area contributed by atoms with Crippen molar-refractivity contribution in [1.82, 2.24) is 15.1 Å². The van der Waals surface area contributed by atoms with Crippen LogP contribution in [-0.4, -0.2) is 61.5 Å². The van der Waals surface area contributed by atoms with E-state index < -0.39 is 0 Å². The number of nitrogens with zero attached hydrogens (tertiary/aromatic N) is 2. The molecule has 3 rings (SSSR count). The lowest BCUT2D eigenvalue weighted by atomic mass is 9.78. The summed E-state index contributed by atoms with van der Waals surface area (Å²) in [5.74, 6) is 0.703. The second-order valence-corrected chi connectivity index (χ2v) is 8.12. The van der Waals surface area contributed by atoms with Crippen molar-refractivity contribution in [1.29, 1.82) is 0 Å². The van der Waals surface area contributed by atoms with Crippen LogP contribution in [0.3, 0.4) is 0 Å². The summed E-state index contributed by atoms with van der Waals surface area (Å²) in [7, 11) is 2.10. The van der Waals surface area contributed by atoms with Gasteiger partial charge in [0.1, 0.15) is 0 Å². The van der Waals surface area contributed by atoms with Gasteiger partial charge in [-0.15, -0.1) is 24.8 Å². The normalized spacial score (nSPS) is 22.6. The molecule has 2 aliphatic heterocycles. The number of benzene rings is 1. The Bertz CT molecular complexity index is 561. The molecule has 1 amide bonds. The summed E-state index contributed by atoms with van der Waals surface area (Å²) in [6, 6.07) is 11.2. The van der Waals surface area contributed by atoms with Gasteiger partial charge in [0.2, 0.25) is 5.91 Å². The van der Waals surface area contributed by atoms with Crippen LogP contribution in [0.5, 0.6) is 0 Å². The molecular formula is C20H33Cl2N3O. The van der Waals surface area contributed by atoms with E-state index in [1.807, 2.05) is 0 Å². The van der Waals surface area contributed by atoms with Gasteiger partial charge in [-0.1, -0.05) is 44.2 Å². The minimum absolute atomic E-state index is 0. The van der Waals surface area contributed by atoms with E-state index in [0.29, 0.717) is 18.5 Å². The number of nitrogens with one attached hydrogen (secondary N) is 1. The Morgan fingerprint density at radius 3 is 2.42 bits per heavy atom. The van der Waals surface area contributed by atoms with Crippen molar-refractivity contribution < 1.29 is 4.79 Å². The van der Waals surface area contributed by atoms with Crippen LogP contribution >= 0.6 is 24.8 Å². The summed E-state index contributed by atoms with van der Waals surface area (Å²) >= 11 is 0. The molecule has 0 saturated carbocycles. The third-order valence-corrected chi connectivity index (χ3v) is 5.82. The maximum atomic E-state index is 12.8. The van der Waals surface area contributed by atoms with Crippen molar-refractivity contribution in [2.75, 3.05) is 39.8 Å². The van der Waals surface area contributed by atoms with Gasteiger partial charge in [0, 0.05) is 25.0 Å². The van der Waals surface area contributed by atoms with Gasteiger partial charge in [-0.3, -0.25) is 9.69 Å². The van der Waals surface area contributed by atoms with E-state index in [4.69, 9.17) is 0 Å². The van der Waals surface area contributed by atoms with E-state index in [2.05, 4.69) is 66.3 Å². The SMILES string of the molecule is CN(CC(=O)N1CC(c2ccccc2)C(C)(C)C1)C1CCNCC1.Cl.Cl. The molecule has 1 aromatic rings. The highest BCUT2D eigenvalue weighted by atomic mass is 35.5. The maximum Gasteiger partial charge on any atom is 0.236 e. The zero-order valence-electron chi connectivity index (χ0n) is 16.1. The lowest BCUT2D eigenvalue weighted by Crippen LogP contribution is -2.46. The fourth-order valence-corrected chi connectivity index (χ4v) is 4.26. The van der Waals surface area contributed by atoms with Crippen molar-refractivity contribution >= 4 is 30.7 Å². The topological polar surface area (TPSA) is 35.6 Å². The number of piperidine rings is 1. The molecule has 26 heavy (non-hydrogen) atoms. The maximum absolute atomic E-state index is 12.8. The predicted octanol–water partition coefficient (Wildman–Crippen LogP) is 3.17. The Hall–Kier alpha value is -0.810. The molecule has 2 saturated heterocycles. The van der Waals surface area contributed by atoms with E-state index in [1.165, 1.54) is 5.56 Å². The standard InChI is InChI=1S/C20H31N3O.2ClH/c1-20(2)15-23(13-18(20)16-7-5-4-6-8-16)19(24)14-22(3)17-9-11-21-12-10-17;;/h4-8,17-18,21H,9-15H2,1-3H3;2*1H. The molecule has 0 aromatic heterocycles. The Labute approximate surface area is 170 Å². The number of hydrogen-bond donors (Lipinski definition) is 1. The number of carbonyl (C=O) groups excluding carboxylic acids is 1. The first kappa shape index (κ1) is 23.2. The molecule has 2 heterocycles. The quantitative estimate of drug-likeness (QED) is 0.841. The van der Waals surface area contributed by atoms with E-state index >= 15 is 0 Å². The number of likely N-dealkylation sites (tertiary alicyclic amines) is 1. The zero-order chi connectivity index (χ0) is 17.2. The van der Waals surface area contributed by atoms with Crippen LogP contribution in [0.1, 0.15) is 38.2 Å². The van der Waals surface area contributed by atoms with Gasteiger partial charge in [0.25, 0.3) is 0 Å². The van der Waals surface area contributed by atoms with Gasteiger partial charge in [-0.05, 0) is 44.0 Å². The molecule has 6 heteroatoms. The second kappa shape index (κ2) is 9.93. The van der Waals surface area contributed by atoms with Crippen molar-refractivity contribution in [3.8, 4) is 0 Å². The van der Waals surface area contributed by atoms with Crippen molar-refractivity contribution in [2.45, 2.75) is 38.6 Å². The highest BCUT2D eigenvalue weighted by molar-refractivity contribution is 5.85. The van der Waals surface area contributed by atoms with Crippen LogP contribution in [0.2, 0.25) is 0 Å². The Morgan fingerprint density at radius 1 is 1.19 bits per heavy atom. The number of rotatable bonds is 4. The minimum atomic E-state index is 0. The second-order valence-electron chi connectivity index (χ2n) is 8.12. The van der Waals surface area contributed by atoms with E-state index in [-0.39, 0.29) is 36.1 Å². The van der Waals surface area contributed by atoms with Gasteiger partial charge < -0.3 is 10.2 Å². The molecule has 148 valence electrons. The predicted molar refractivity (Wildman–Crippen MR) is 113 cm³/mol. The number of carbonyl (C=O) groups is 1. The molecule has 0 radical (unpaired) electrons. The van der Waals surface area contributed by atoms with Crippen LogP contribution in [0.15, 0.2) is 30.3 Å². The van der Waals surface area contributed by atoms with Crippen LogP contribution in [0.4, 0.5) is 0 Å². The lowest BCUT2D eigenvalue weighted by Gasteiger charge is -2.32. The van der Waals surface area contributed by atoms with E-state index in [1.54, 1.807) is 0 Å². The molecule has 0 spiro atoms. The molecule has 4 nitrogen and oxygen atoms in total. The van der Waals surface area contributed by atoms with Crippen LogP contribution < -0.4 is 5.32 Å². The number of hydrogen-bond acceptors (Lipinski definition) is 3. The van der Waals surface area contributed by atoms with Crippen molar-refractivity contribution in [3.63, 3.8) is 0 Å². The molecule has 1 atom stereocenters.